The maximum atomic E-state index is 13.2. The Kier molecular flexibility index (Phi) is 3.39. The predicted molar refractivity (Wildman–Crippen MR) is 69.0 cm³/mol. The van der Waals surface area contributed by atoms with Gasteiger partial charge in [-0.3, -0.25) is 9.52 Å². The van der Waals surface area contributed by atoms with Crippen molar-refractivity contribution in [3.8, 4) is 0 Å². The number of hydrogen-bond acceptors (Lipinski definition) is 3. The van der Waals surface area contributed by atoms with Gasteiger partial charge in [0, 0.05) is 12.3 Å². The van der Waals surface area contributed by atoms with Crippen LogP contribution in [0, 0.1) is 12.7 Å². The Morgan fingerprint density at radius 1 is 1.21 bits per heavy atom. The number of aromatic amines is 1. The Morgan fingerprint density at radius 3 is 2.53 bits per heavy atom. The topological polar surface area (TPSA) is 79.0 Å². The molecule has 1 heterocycles. The van der Waals surface area contributed by atoms with Crippen LogP contribution in [0.1, 0.15) is 5.56 Å². The summed E-state index contributed by atoms with van der Waals surface area (Å²) in [5, 5.41) is 0. The van der Waals surface area contributed by atoms with E-state index in [1.54, 1.807) is 6.92 Å². The van der Waals surface area contributed by atoms with Gasteiger partial charge in [0.25, 0.3) is 10.0 Å². The van der Waals surface area contributed by atoms with Gasteiger partial charge in [-0.2, -0.15) is 0 Å². The predicted octanol–water partition coefficient (Wildman–Crippen LogP) is 1.62. The molecule has 7 heteroatoms. The molecule has 0 unspecified atom stereocenters. The van der Waals surface area contributed by atoms with Crippen LogP contribution in [-0.2, 0) is 10.0 Å². The fourth-order valence-electron chi connectivity index (χ4n) is 1.57. The lowest BCUT2D eigenvalue weighted by molar-refractivity contribution is 0.600. The van der Waals surface area contributed by atoms with Gasteiger partial charge in [0.05, 0.1) is 5.69 Å². The molecule has 0 atom stereocenters. The molecule has 1 aromatic carbocycles. The number of halogens is 1. The summed E-state index contributed by atoms with van der Waals surface area (Å²) in [5.74, 6) is -0.529. The third-order valence-electron chi connectivity index (χ3n) is 2.36. The standard InChI is InChI=1S/C12H11FN2O3S/c1-8-4-9(13)6-10(5-8)15-19(17,18)11-2-3-12(16)14-7-11/h2-7,15H,1H3,(H,14,16). The molecule has 2 N–H and O–H groups in total. The zero-order chi connectivity index (χ0) is 14.0. The van der Waals surface area contributed by atoms with E-state index in [1.165, 1.54) is 18.2 Å². The number of rotatable bonds is 3. The zero-order valence-corrected chi connectivity index (χ0v) is 10.8. The van der Waals surface area contributed by atoms with Crippen molar-refractivity contribution in [3.63, 3.8) is 0 Å². The van der Waals surface area contributed by atoms with E-state index < -0.39 is 21.4 Å². The summed E-state index contributed by atoms with van der Waals surface area (Å²) >= 11 is 0. The molecule has 0 aliphatic heterocycles. The summed E-state index contributed by atoms with van der Waals surface area (Å²) in [5.41, 5.74) is 0.323. The normalized spacial score (nSPS) is 11.3. The molecule has 0 fully saturated rings. The van der Waals surface area contributed by atoms with E-state index in [-0.39, 0.29) is 10.6 Å². The molecule has 0 radical (unpaired) electrons. The molecule has 100 valence electrons. The summed E-state index contributed by atoms with van der Waals surface area (Å²) in [6.07, 6.45) is 1.08. The summed E-state index contributed by atoms with van der Waals surface area (Å²) in [7, 11) is -3.85. The van der Waals surface area contributed by atoms with E-state index in [0.29, 0.717) is 5.56 Å². The van der Waals surface area contributed by atoms with E-state index in [9.17, 15) is 17.6 Å². The van der Waals surface area contributed by atoms with Crippen molar-refractivity contribution in [3.05, 3.63) is 58.3 Å². The highest BCUT2D eigenvalue weighted by Gasteiger charge is 2.14. The average Bonchev–Trinajstić information content (AvgIpc) is 2.27. The van der Waals surface area contributed by atoms with E-state index in [4.69, 9.17) is 0 Å². The number of aromatic nitrogens is 1. The molecule has 0 aliphatic carbocycles. The quantitative estimate of drug-likeness (QED) is 0.898. The van der Waals surface area contributed by atoms with Crippen molar-refractivity contribution in [1.29, 1.82) is 0 Å². The van der Waals surface area contributed by atoms with Gasteiger partial charge in [0.15, 0.2) is 0 Å². The fourth-order valence-corrected chi connectivity index (χ4v) is 2.58. The highest BCUT2D eigenvalue weighted by Crippen LogP contribution is 2.17. The van der Waals surface area contributed by atoms with Gasteiger partial charge in [-0.05, 0) is 36.8 Å². The van der Waals surface area contributed by atoms with Crippen LogP contribution in [0.2, 0.25) is 0 Å². The average molecular weight is 282 g/mol. The summed E-state index contributed by atoms with van der Waals surface area (Å²) in [6.45, 7) is 1.65. The first-order valence-corrected chi connectivity index (χ1v) is 6.84. The lowest BCUT2D eigenvalue weighted by atomic mass is 10.2. The lowest BCUT2D eigenvalue weighted by Crippen LogP contribution is -2.15. The Labute approximate surface area is 109 Å². The largest absolute Gasteiger partial charge is 0.328 e. The van der Waals surface area contributed by atoms with E-state index in [2.05, 4.69) is 9.71 Å². The van der Waals surface area contributed by atoms with Gasteiger partial charge in [-0.25, -0.2) is 12.8 Å². The zero-order valence-electron chi connectivity index (χ0n) is 9.98. The molecule has 5 nitrogen and oxygen atoms in total. The van der Waals surface area contributed by atoms with Crippen LogP contribution in [0.5, 0.6) is 0 Å². The molecular formula is C12H11FN2O3S. The Balaban J connectivity index is 2.36. The van der Waals surface area contributed by atoms with Crippen LogP contribution >= 0.6 is 0 Å². The summed E-state index contributed by atoms with van der Waals surface area (Å²) < 4.78 is 39.4. The number of hydrogen-bond donors (Lipinski definition) is 2. The number of aryl methyl sites for hydroxylation is 1. The third kappa shape index (κ3) is 3.19. The van der Waals surface area contributed by atoms with Gasteiger partial charge < -0.3 is 4.98 Å². The second-order valence-corrected chi connectivity index (χ2v) is 5.69. The number of pyridine rings is 1. The van der Waals surface area contributed by atoms with Crippen molar-refractivity contribution in [2.75, 3.05) is 4.72 Å². The first-order valence-electron chi connectivity index (χ1n) is 5.35. The van der Waals surface area contributed by atoms with Crippen molar-refractivity contribution in [2.45, 2.75) is 11.8 Å². The smallest absolute Gasteiger partial charge is 0.263 e. The molecule has 0 saturated carbocycles. The maximum absolute atomic E-state index is 13.2. The number of sulfonamides is 1. The second-order valence-electron chi connectivity index (χ2n) is 4.01. The summed E-state index contributed by atoms with van der Waals surface area (Å²) in [4.78, 5) is 13.0. The minimum Gasteiger partial charge on any atom is -0.328 e. The fraction of sp³-hybridized carbons (Fsp3) is 0.0833. The SMILES string of the molecule is Cc1cc(F)cc(NS(=O)(=O)c2ccc(=O)[nH]c2)c1. The summed E-state index contributed by atoms with van der Waals surface area (Å²) in [6, 6.07) is 6.15. The second kappa shape index (κ2) is 4.85. The molecule has 0 bridgehead atoms. The number of H-pyrrole nitrogens is 1. The minimum atomic E-state index is -3.85. The molecular weight excluding hydrogens is 271 g/mol. The number of anilines is 1. The van der Waals surface area contributed by atoms with E-state index in [0.717, 1.165) is 18.3 Å². The van der Waals surface area contributed by atoms with Crippen molar-refractivity contribution in [2.24, 2.45) is 0 Å². The molecule has 1 aromatic heterocycles. The Hall–Kier alpha value is -2.15. The number of benzene rings is 1. The molecule has 0 amide bonds. The van der Waals surface area contributed by atoms with Crippen LogP contribution in [0.15, 0.2) is 46.2 Å². The first-order chi connectivity index (χ1) is 8.87. The lowest BCUT2D eigenvalue weighted by Gasteiger charge is -2.08. The van der Waals surface area contributed by atoms with Crippen LogP contribution in [0.25, 0.3) is 0 Å². The molecule has 19 heavy (non-hydrogen) atoms. The van der Waals surface area contributed by atoms with E-state index in [1.807, 2.05) is 0 Å². The monoisotopic (exact) mass is 282 g/mol. The first kappa shape index (κ1) is 13.3. The molecule has 0 aliphatic rings. The van der Waals surface area contributed by atoms with Gasteiger partial charge >= 0.3 is 0 Å². The van der Waals surface area contributed by atoms with Crippen molar-refractivity contribution < 1.29 is 12.8 Å². The van der Waals surface area contributed by atoms with Gasteiger partial charge in [0.2, 0.25) is 5.56 Å². The number of nitrogens with one attached hydrogen (secondary N) is 2. The Bertz CT molecular complexity index is 728. The van der Waals surface area contributed by atoms with Gasteiger partial charge in [-0.15, -0.1) is 0 Å². The van der Waals surface area contributed by atoms with E-state index >= 15 is 0 Å². The highest BCUT2D eigenvalue weighted by molar-refractivity contribution is 7.92. The molecule has 0 saturated heterocycles. The van der Waals surface area contributed by atoms with Crippen LogP contribution in [-0.4, -0.2) is 13.4 Å². The minimum absolute atomic E-state index is 0.103. The van der Waals surface area contributed by atoms with Crippen LogP contribution in [0.4, 0.5) is 10.1 Å². The molecule has 2 aromatic rings. The van der Waals surface area contributed by atoms with Crippen molar-refractivity contribution in [1.82, 2.24) is 4.98 Å². The maximum Gasteiger partial charge on any atom is 0.263 e. The molecule has 2 rings (SSSR count). The highest BCUT2D eigenvalue weighted by atomic mass is 32.2. The van der Waals surface area contributed by atoms with Gasteiger partial charge in [0.1, 0.15) is 10.7 Å². The van der Waals surface area contributed by atoms with Crippen LogP contribution in [0.3, 0.4) is 0 Å². The van der Waals surface area contributed by atoms with Gasteiger partial charge in [-0.1, -0.05) is 0 Å². The van der Waals surface area contributed by atoms with Crippen LogP contribution < -0.4 is 10.3 Å². The third-order valence-corrected chi connectivity index (χ3v) is 3.74. The Morgan fingerprint density at radius 2 is 1.95 bits per heavy atom. The van der Waals surface area contributed by atoms with Crippen molar-refractivity contribution >= 4 is 15.7 Å². The molecule has 0 spiro atoms.